The Morgan fingerprint density at radius 1 is 1.07 bits per heavy atom. The number of nitrogens with zero attached hydrogens (tertiary/aromatic N) is 4. The topological polar surface area (TPSA) is 61.7 Å². The van der Waals surface area contributed by atoms with Gasteiger partial charge in [-0.1, -0.05) is 35.4 Å². The lowest BCUT2D eigenvalue weighted by molar-refractivity contribution is 1.32. The molecule has 72 valence electrons. The molecule has 0 saturated carbocycles. The molecular formula is C11H8N4. The first-order chi connectivity index (χ1) is 7.40. The summed E-state index contributed by atoms with van der Waals surface area (Å²) >= 11 is 0. The summed E-state index contributed by atoms with van der Waals surface area (Å²) in [7, 11) is 0. The summed E-state index contributed by atoms with van der Waals surface area (Å²) in [5.41, 5.74) is 10.8. The van der Waals surface area contributed by atoms with Crippen LogP contribution in [-0.4, -0.2) is 4.98 Å². The molecule has 0 amide bonds. The Morgan fingerprint density at radius 3 is 2.47 bits per heavy atom. The molecule has 0 atom stereocenters. The van der Waals surface area contributed by atoms with Crippen LogP contribution >= 0.6 is 0 Å². The van der Waals surface area contributed by atoms with Crippen LogP contribution in [-0.2, 0) is 0 Å². The quantitative estimate of drug-likeness (QED) is 0.410. The fraction of sp³-hybridized carbons (Fsp3) is 0. The van der Waals surface area contributed by atoms with Crippen LogP contribution in [0.25, 0.3) is 21.7 Å². The van der Waals surface area contributed by atoms with Crippen molar-refractivity contribution in [1.82, 2.24) is 4.98 Å². The Hall–Kier alpha value is -2.32. The number of hydrogen-bond acceptors (Lipinski definition) is 2. The van der Waals surface area contributed by atoms with Crippen LogP contribution < -0.4 is 0 Å². The second kappa shape index (κ2) is 4.26. The smallest absolute Gasteiger partial charge is 0.0701 e. The Labute approximate surface area is 86.8 Å². The summed E-state index contributed by atoms with van der Waals surface area (Å²) in [6.45, 7) is 0. The molecule has 1 aromatic heterocycles. The number of pyridine rings is 1. The molecule has 2 aromatic rings. The van der Waals surface area contributed by atoms with Gasteiger partial charge >= 0.3 is 0 Å². The van der Waals surface area contributed by atoms with Crippen LogP contribution in [0, 0.1) is 0 Å². The van der Waals surface area contributed by atoms with Crippen molar-refractivity contribution in [2.45, 2.75) is 0 Å². The van der Waals surface area contributed by atoms with Gasteiger partial charge in [-0.25, -0.2) is 0 Å². The highest BCUT2D eigenvalue weighted by Crippen LogP contribution is 2.20. The lowest BCUT2D eigenvalue weighted by Crippen LogP contribution is -1.80. The van der Waals surface area contributed by atoms with E-state index >= 15 is 0 Å². The van der Waals surface area contributed by atoms with Gasteiger partial charge in [-0.05, 0) is 17.7 Å². The van der Waals surface area contributed by atoms with Crippen LogP contribution in [0.3, 0.4) is 0 Å². The minimum Gasteiger partial charge on any atom is -0.256 e. The van der Waals surface area contributed by atoms with Gasteiger partial charge in [0, 0.05) is 22.4 Å². The standard InChI is InChI=1S/C11H8N4/c12-15-14-10-6-4-9(5-7-10)11-3-1-2-8-13-11/h1-8H. The summed E-state index contributed by atoms with van der Waals surface area (Å²) in [5, 5.41) is 3.50. The van der Waals surface area contributed by atoms with E-state index in [1.165, 1.54) is 0 Å². The van der Waals surface area contributed by atoms with Crippen molar-refractivity contribution in [2.75, 3.05) is 0 Å². The van der Waals surface area contributed by atoms with Gasteiger partial charge in [0.25, 0.3) is 0 Å². The number of aromatic nitrogens is 1. The highest BCUT2D eigenvalue weighted by atomic mass is 15.1. The highest BCUT2D eigenvalue weighted by molar-refractivity contribution is 5.61. The van der Waals surface area contributed by atoms with Crippen molar-refractivity contribution in [1.29, 1.82) is 0 Å². The third-order valence-electron chi connectivity index (χ3n) is 1.99. The molecule has 2 rings (SSSR count). The first-order valence-electron chi connectivity index (χ1n) is 4.47. The summed E-state index contributed by atoms with van der Waals surface area (Å²) in [5.74, 6) is 0. The zero-order chi connectivity index (χ0) is 10.5. The molecule has 0 spiro atoms. The normalized spacial score (nSPS) is 9.33. The molecule has 1 heterocycles. The first-order valence-corrected chi connectivity index (χ1v) is 4.47. The fourth-order valence-corrected chi connectivity index (χ4v) is 1.28. The van der Waals surface area contributed by atoms with Crippen LogP contribution in [0.4, 0.5) is 5.69 Å². The molecular weight excluding hydrogens is 188 g/mol. The molecule has 0 fully saturated rings. The fourth-order valence-electron chi connectivity index (χ4n) is 1.28. The predicted octanol–water partition coefficient (Wildman–Crippen LogP) is 3.69. The van der Waals surface area contributed by atoms with Crippen molar-refractivity contribution in [3.8, 4) is 11.3 Å². The number of azide groups is 1. The van der Waals surface area contributed by atoms with E-state index < -0.39 is 0 Å². The summed E-state index contributed by atoms with van der Waals surface area (Å²) in [6.07, 6.45) is 1.75. The molecule has 4 nitrogen and oxygen atoms in total. The van der Waals surface area contributed by atoms with Gasteiger partial charge in [0.05, 0.1) is 5.69 Å². The molecule has 0 unspecified atom stereocenters. The zero-order valence-electron chi connectivity index (χ0n) is 7.91. The maximum atomic E-state index is 8.25. The third kappa shape index (κ3) is 2.13. The third-order valence-corrected chi connectivity index (χ3v) is 1.99. The van der Waals surface area contributed by atoms with Gasteiger partial charge in [-0.3, -0.25) is 4.98 Å². The van der Waals surface area contributed by atoms with Gasteiger partial charge in [-0.2, -0.15) is 0 Å². The average molecular weight is 196 g/mol. The lowest BCUT2D eigenvalue weighted by atomic mass is 10.1. The van der Waals surface area contributed by atoms with Crippen LogP contribution in [0.1, 0.15) is 0 Å². The molecule has 0 aliphatic carbocycles. The van der Waals surface area contributed by atoms with E-state index in [0.717, 1.165) is 11.3 Å². The van der Waals surface area contributed by atoms with E-state index in [-0.39, 0.29) is 0 Å². The van der Waals surface area contributed by atoms with Crippen LogP contribution in [0.2, 0.25) is 0 Å². The molecule has 0 aliphatic rings. The molecule has 0 bridgehead atoms. The van der Waals surface area contributed by atoms with E-state index in [4.69, 9.17) is 5.53 Å². The predicted molar refractivity (Wildman–Crippen MR) is 58.5 cm³/mol. The maximum Gasteiger partial charge on any atom is 0.0701 e. The van der Waals surface area contributed by atoms with E-state index in [9.17, 15) is 0 Å². The van der Waals surface area contributed by atoms with Gasteiger partial charge < -0.3 is 0 Å². The SMILES string of the molecule is [N-]=[N+]=Nc1ccc(-c2ccccn2)cc1. The van der Waals surface area contributed by atoms with Crippen molar-refractivity contribution >= 4 is 5.69 Å². The molecule has 1 aromatic carbocycles. The van der Waals surface area contributed by atoms with E-state index in [2.05, 4.69) is 15.0 Å². The van der Waals surface area contributed by atoms with Gasteiger partial charge in [0.2, 0.25) is 0 Å². The van der Waals surface area contributed by atoms with E-state index in [0.29, 0.717) is 5.69 Å². The maximum absolute atomic E-state index is 8.25. The average Bonchev–Trinajstić information content (AvgIpc) is 2.32. The summed E-state index contributed by atoms with van der Waals surface area (Å²) < 4.78 is 0. The van der Waals surface area contributed by atoms with Gasteiger partial charge in [-0.15, -0.1) is 0 Å². The molecule has 0 radical (unpaired) electrons. The second-order valence-corrected chi connectivity index (χ2v) is 2.95. The summed E-state index contributed by atoms with van der Waals surface area (Å²) in [6, 6.07) is 13.0. The van der Waals surface area contributed by atoms with Gasteiger partial charge in [0.1, 0.15) is 0 Å². The van der Waals surface area contributed by atoms with Crippen molar-refractivity contribution in [2.24, 2.45) is 5.11 Å². The zero-order valence-corrected chi connectivity index (χ0v) is 7.91. The molecule has 4 heteroatoms. The van der Waals surface area contributed by atoms with Crippen molar-refractivity contribution in [3.63, 3.8) is 0 Å². The summed E-state index contributed by atoms with van der Waals surface area (Å²) in [4.78, 5) is 6.94. The first kappa shape index (κ1) is 9.24. The largest absolute Gasteiger partial charge is 0.256 e. The minimum absolute atomic E-state index is 0.609. The van der Waals surface area contributed by atoms with Crippen molar-refractivity contribution in [3.05, 3.63) is 59.1 Å². The molecule has 15 heavy (non-hydrogen) atoms. The Kier molecular flexibility index (Phi) is 2.63. The molecule has 0 aliphatic heterocycles. The Balaban J connectivity index is 2.36. The Morgan fingerprint density at radius 2 is 1.87 bits per heavy atom. The lowest BCUT2D eigenvalue weighted by Gasteiger charge is -1.99. The number of hydrogen-bond donors (Lipinski definition) is 0. The number of rotatable bonds is 2. The monoisotopic (exact) mass is 196 g/mol. The van der Waals surface area contributed by atoms with Crippen LogP contribution in [0.15, 0.2) is 53.8 Å². The van der Waals surface area contributed by atoms with Crippen molar-refractivity contribution < 1.29 is 0 Å². The molecule has 0 saturated heterocycles. The van der Waals surface area contributed by atoms with Gasteiger partial charge in [0.15, 0.2) is 0 Å². The Bertz CT molecular complexity index is 484. The minimum atomic E-state index is 0.609. The van der Waals surface area contributed by atoms with Crippen LogP contribution in [0.5, 0.6) is 0 Å². The highest BCUT2D eigenvalue weighted by Gasteiger charge is 1.96. The molecule has 0 N–H and O–H groups in total. The van der Waals surface area contributed by atoms with E-state index in [1.54, 1.807) is 18.3 Å². The second-order valence-electron chi connectivity index (χ2n) is 2.95. The number of benzene rings is 1. The van der Waals surface area contributed by atoms with E-state index in [1.807, 2.05) is 30.3 Å².